The van der Waals surface area contributed by atoms with Crippen molar-refractivity contribution in [3.05, 3.63) is 0 Å². The predicted octanol–water partition coefficient (Wildman–Crippen LogP) is 0.927. The van der Waals surface area contributed by atoms with Crippen LogP contribution in [0, 0.1) is 0 Å². The third-order valence-corrected chi connectivity index (χ3v) is 4.46. The van der Waals surface area contributed by atoms with E-state index >= 15 is 0 Å². The van der Waals surface area contributed by atoms with Crippen LogP contribution in [0.3, 0.4) is 0 Å². The molecule has 2 fully saturated rings. The fourth-order valence-corrected chi connectivity index (χ4v) is 3.10. The molecule has 0 aromatic heterocycles. The highest BCUT2D eigenvalue weighted by Gasteiger charge is 2.44. The van der Waals surface area contributed by atoms with Crippen molar-refractivity contribution in [3.8, 4) is 0 Å². The van der Waals surface area contributed by atoms with Gasteiger partial charge >= 0.3 is 0 Å². The first-order chi connectivity index (χ1) is 10.2. The summed E-state index contributed by atoms with van der Waals surface area (Å²) in [5, 5.41) is 0. The fourth-order valence-electron chi connectivity index (χ4n) is 3.10. The van der Waals surface area contributed by atoms with Gasteiger partial charge in [0.1, 0.15) is 5.60 Å². The van der Waals surface area contributed by atoms with Crippen LogP contribution in [0.2, 0.25) is 0 Å². The molecule has 2 aliphatic rings. The number of carbonyl (C=O) groups excluding carboxylic acids is 1. The van der Waals surface area contributed by atoms with E-state index in [4.69, 9.17) is 19.9 Å². The number of nitrogens with two attached hydrogens (primary N) is 1. The van der Waals surface area contributed by atoms with Crippen LogP contribution in [0.25, 0.3) is 0 Å². The standard InChI is InChI=1S/C16H30N2O4/c1-14(2)11-22-15(3,4)10-18(14)13(19)9-16(5-6-17)12-20-7-8-21-16/h5-12,17H2,1-4H3. The van der Waals surface area contributed by atoms with Crippen molar-refractivity contribution in [3.63, 3.8) is 0 Å². The van der Waals surface area contributed by atoms with Gasteiger partial charge in [-0.1, -0.05) is 0 Å². The third-order valence-electron chi connectivity index (χ3n) is 4.46. The molecule has 2 heterocycles. The number of carbonyl (C=O) groups is 1. The first kappa shape index (κ1) is 17.7. The number of morpholine rings is 1. The summed E-state index contributed by atoms with van der Waals surface area (Å²) < 4.78 is 17.3. The van der Waals surface area contributed by atoms with E-state index in [2.05, 4.69) is 0 Å². The average Bonchev–Trinajstić information content (AvgIpc) is 2.43. The van der Waals surface area contributed by atoms with Crippen molar-refractivity contribution in [2.24, 2.45) is 5.73 Å². The maximum atomic E-state index is 12.9. The topological polar surface area (TPSA) is 74.0 Å². The van der Waals surface area contributed by atoms with Crippen LogP contribution in [0.5, 0.6) is 0 Å². The van der Waals surface area contributed by atoms with E-state index in [1.165, 1.54) is 0 Å². The monoisotopic (exact) mass is 314 g/mol. The summed E-state index contributed by atoms with van der Waals surface area (Å²) in [6.07, 6.45) is 0.941. The number of nitrogens with zero attached hydrogens (tertiary/aromatic N) is 1. The number of hydrogen-bond donors (Lipinski definition) is 1. The van der Waals surface area contributed by atoms with E-state index in [-0.39, 0.29) is 17.0 Å². The first-order valence-corrected chi connectivity index (χ1v) is 8.06. The molecule has 2 N–H and O–H groups in total. The van der Waals surface area contributed by atoms with Gasteiger partial charge in [0.2, 0.25) is 5.91 Å². The highest BCUT2D eigenvalue weighted by molar-refractivity contribution is 5.78. The molecule has 22 heavy (non-hydrogen) atoms. The zero-order valence-corrected chi connectivity index (χ0v) is 14.3. The molecular formula is C16H30N2O4. The number of hydrogen-bond acceptors (Lipinski definition) is 5. The molecule has 2 rings (SSSR count). The summed E-state index contributed by atoms with van der Waals surface area (Å²) >= 11 is 0. The summed E-state index contributed by atoms with van der Waals surface area (Å²) in [5.74, 6) is 0.0836. The second-order valence-corrected chi connectivity index (χ2v) is 7.64. The van der Waals surface area contributed by atoms with Crippen molar-refractivity contribution >= 4 is 5.91 Å². The van der Waals surface area contributed by atoms with E-state index < -0.39 is 5.60 Å². The highest BCUT2D eigenvalue weighted by Crippen LogP contribution is 2.31. The number of ether oxygens (including phenoxy) is 3. The fraction of sp³-hybridized carbons (Fsp3) is 0.938. The molecule has 128 valence electrons. The van der Waals surface area contributed by atoms with Crippen molar-refractivity contribution < 1.29 is 19.0 Å². The molecule has 6 heteroatoms. The van der Waals surface area contributed by atoms with Gasteiger partial charge < -0.3 is 24.8 Å². The zero-order chi connectivity index (χ0) is 16.4. The van der Waals surface area contributed by atoms with Crippen LogP contribution in [0.15, 0.2) is 0 Å². The Bertz CT molecular complexity index is 397. The second-order valence-electron chi connectivity index (χ2n) is 7.64. The lowest BCUT2D eigenvalue weighted by molar-refractivity contribution is -0.188. The van der Waals surface area contributed by atoms with E-state index in [0.717, 1.165) is 0 Å². The van der Waals surface area contributed by atoms with Gasteiger partial charge in [-0.25, -0.2) is 0 Å². The third kappa shape index (κ3) is 3.98. The summed E-state index contributed by atoms with van der Waals surface area (Å²) in [5.41, 5.74) is 4.50. The molecule has 2 saturated heterocycles. The van der Waals surface area contributed by atoms with Gasteiger partial charge in [-0.15, -0.1) is 0 Å². The van der Waals surface area contributed by atoms with Gasteiger partial charge in [0.05, 0.1) is 44.0 Å². The molecule has 0 aromatic carbocycles. The lowest BCUT2D eigenvalue weighted by Gasteiger charge is -2.50. The Balaban J connectivity index is 2.11. The highest BCUT2D eigenvalue weighted by atomic mass is 16.6. The van der Waals surface area contributed by atoms with Crippen LogP contribution in [0.4, 0.5) is 0 Å². The summed E-state index contributed by atoms with van der Waals surface area (Å²) in [7, 11) is 0. The Kier molecular flexibility index (Phi) is 5.16. The van der Waals surface area contributed by atoms with Crippen LogP contribution in [-0.4, -0.2) is 67.1 Å². The van der Waals surface area contributed by atoms with E-state index in [9.17, 15) is 4.79 Å². The van der Waals surface area contributed by atoms with Crippen LogP contribution in [0.1, 0.15) is 40.5 Å². The molecule has 0 saturated carbocycles. The smallest absolute Gasteiger partial charge is 0.226 e. The van der Waals surface area contributed by atoms with Crippen molar-refractivity contribution in [2.45, 2.75) is 57.3 Å². The minimum absolute atomic E-state index is 0.0836. The normalized spacial score (nSPS) is 31.0. The summed E-state index contributed by atoms with van der Waals surface area (Å²) in [6, 6.07) is 0. The summed E-state index contributed by atoms with van der Waals surface area (Å²) in [6.45, 7) is 11.2. The Morgan fingerprint density at radius 2 is 1.86 bits per heavy atom. The van der Waals surface area contributed by atoms with Gasteiger partial charge in [-0.05, 0) is 40.7 Å². The SMILES string of the molecule is CC1(C)CN(C(=O)CC2(CCN)COCCO2)C(C)(C)CO1. The van der Waals surface area contributed by atoms with Crippen molar-refractivity contribution in [1.82, 2.24) is 4.90 Å². The van der Waals surface area contributed by atoms with Gasteiger partial charge in [-0.2, -0.15) is 0 Å². The van der Waals surface area contributed by atoms with Gasteiger partial charge in [0, 0.05) is 6.54 Å². The minimum Gasteiger partial charge on any atom is -0.376 e. The molecule has 2 aliphatic heterocycles. The lowest BCUT2D eigenvalue weighted by atomic mass is 9.91. The van der Waals surface area contributed by atoms with Crippen LogP contribution >= 0.6 is 0 Å². The molecule has 1 unspecified atom stereocenters. The molecule has 0 spiro atoms. The van der Waals surface area contributed by atoms with Crippen molar-refractivity contribution in [2.75, 3.05) is 39.5 Å². The zero-order valence-electron chi connectivity index (χ0n) is 14.3. The Morgan fingerprint density at radius 3 is 2.45 bits per heavy atom. The Morgan fingerprint density at radius 1 is 1.14 bits per heavy atom. The van der Waals surface area contributed by atoms with Crippen LogP contribution < -0.4 is 5.73 Å². The van der Waals surface area contributed by atoms with E-state index in [1.54, 1.807) is 0 Å². The van der Waals surface area contributed by atoms with Gasteiger partial charge in [0.25, 0.3) is 0 Å². The summed E-state index contributed by atoms with van der Waals surface area (Å²) in [4.78, 5) is 14.9. The minimum atomic E-state index is -0.581. The lowest BCUT2D eigenvalue weighted by Crippen LogP contribution is -2.62. The van der Waals surface area contributed by atoms with E-state index in [1.807, 2.05) is 32.6 Å². The van der Waals surface area contributed by atoms with E-state index in [0.29, 0.717) is 52.4 Å². The average molecular weight is 314 g/mol. The molecule has 0 aromatic rings. The Labute approximate surface area is 133 Å². The quantitative estimate of drug-likeness (QED) is 0.835. The second kappa shape index (κ2) is 6.43. The maximum absolute atomic E-state index is 12.9. The molecule has 6 nitrogen and oxygen atoms in total. The largest absolute Gasteiger partial charge is 0.376 e. The van der Waals surface area contributed by atoms with Gasteiger partial charge in [0.15, 0.2) is 0 Å². The van der Waals surface area contributed by atoms with Crippen molar-refractivity contribution in [1.29, 1.82) is 0 Å². The van der Waals surface area contributed by atoms with Gasteiger partial charge in [-0.3, -0.25) is 4.79 Å². The molecule has 1 amide bonds. The molecule has 0 bridgehead atoms. The van der Waals surface area contributed by atoms with Crippen LogP contribution in [-0.2, 0) is 19.0 Å². The predicted molar refractivity (Wildman–Crippen MR) is 83.6 cm³/mol. The number of amides is 1. The molecule has 1 atom stereocenters. The maximum Gasteiger partial charge on any atom is 0.226 e. The Hall–Kier alpha value is -0.690. The number of rotatable bonds is 4. The molecule has 0 radical (unpaired) electrons. The first-order valence-electron chi connectivity index (χ1n) is 8.06. The molecule has 0 aliphatic carbocycles. The molecular weight excluding hydrogens is 284 g/mol.